The van der Waals surface area contributed by atoms with Gasteiger partial charge in [0.2, 0.25) is 0 Å². The fourth-order valence-electron chi connectivity index (χ4n) is 7.19. The van der Waals surface area contributed by atoms with Crippen LogP contribution < -0.4 is 4.90 Å². The van der Waals surface area contributed by atoms with Crippen molar-refractivity contribution in [2.45, 2.75) is 0 Å². The molecule has 0 aliphatic carbocycles. The lowest BCUT2D eigenvalue weighted by atomic mass is 9.99. The van der Waals surface area contributed by atoms with Crippen molar-refractivity contribution in [2.75, 3.05) is 4.90 Å². The van der Waals surface area contributed by atoms with Gasteiger partial charge >= 0.3 is 0 Å². The summed E-state index contributed by atoms with van der Waals surface area (Å²) >= 11 is 3.73. The maximum absolute atomic E-state index is 2.38. The van der Waals surface area contributed by atoms with Crippen LogP contribution in [0.5, 0.6) is 0 Å². The molecule has 0 unspecified atom stereocenters. The molecule has 0 spiro atoms. The normalized spacial score (nSPS) is 11.7. The summed E-state index contributed by atoms with van der Waals surface area (Å²) in [6, 6.07) is 64.4. The molecule has 10 aromatic rings. The fraction of sp³-hybridized carbons (Fsp3) is 0. The summed E-state index contributed by atoms with van der Waals surface area (Å²) in [4.78, 5) is 2.38. The lowest BCUT2D eigenvalue weighted by molar-refractivity contribution is 1.29. The van der Waals surface area contributed by atoms with Crippen LogP contribution in [0.3, 0.4) is 0 Å². The van der Waals surface area contributed by atoms with E-state index in [0.717, 1.165) is 17.1 Å². The summed E-state index contributed by atoms with van der Waals surface area (Å²) in [7, 11) is 0. The molecule has 0 saturated carbocycles. The summed E-state index contributed by atoms with van der Waals surface area (Å²) in [5, 5.41) is 7.87. The standard InChI is InChI=1S/C46H29NS2/c1-2-8-30(9-3-1)31-16-20-36(21-17-31)47(38-24-25-41-39-10-4-6-12-43(39)49-46(41)29-38)37-22-18-32(19-23-37)33-14-15-34-27-42-40-11-5-7-13-44(40)48-45(42)28-35(34)26-33/h1-29H. The highest BCUT2D eigenvalue weighted by Gasteiger charge is 2.16. The van der Waals surface area contributed by atoms with Gasteiger partial charge in [0, 0.05) is 57.4 Å². The second kappa shape index (κ2) is 11.5. The molecule has 2 heterocycles. The highest BCUT2D eigenvalue weighted by Crippen LogP contribution is 2.42. The van der Waals surface area contributed by atoms with E-state index >= 15 is 0 Å². The first-order valence-electron chi connectivity index (χ1n) is 16.6. The van der Waals surface area contributed by atoms with Gasteiger partial charge in [-0.2, -0.15) is 0 Å². The third-order valence-corrected chi connectivity index (χ3v) is 11.9. The van der Waals surface area contributed by atoms with Crippen molar-refractivity contribution >= 4 is 90.9 Å². The Morgan fingerprint density at radius 3 is 1.49 bits per heavy atom. The van der Waals surface area contributed by atoms with Gasteiger partial charge in [-0.25, -0.2) is 0 Å². The molecule has 2 aromatic heterocycles. The monoisotopic (exact) mass is 659 g/mol. The first kappa shape index (κ1) is 28.3. The van der Waals surface area contributed by atoms with Crippen molar-refractivity contribution in [3.63, 3.8) is 0 Å². The molecular formula is C46H29NS2. The van der Waals surface area contributed by atoms with Crippen LogP contribution in [0.1, 0.15) is 0 Å². The molecule has 0 amide bonds. The summed E-state index contributed by atoms with van der Waals surface area (Å²) < 4.78 is 5.30. The van der Waals surface area contributed by atoms with Crippen LogP contribution in [-0.2, 0) is 0 Å². The van der Waals surface area contributed by atoms with Gasteiger partial charge in [-0.05, 0) is 99.8 Å². The Morgan fingerprint density at radius 1 is 0.286 bits per heavy atom. The van der Waals surface area contributed by atoms with Crippen LogP contribution in [0.15, 0.2) is 176 Å². The van der Waals surface area contributed by atoms with Crippen LogP contribution >= 0.6 is 22.7 Å². The zero-order valence-electron chi connectivity index (χ0n) is 26.5. The molecule has 1 nitrogen and oxygen atoms in total. The van der Waals surface area contributed by atoms with Crippen molar-refractivity contribution in [1.82, 2.24) is 0 Å². The Morgan fingerprint density at radius 2 is 0.796 bits per heavy atom. The fourth-order valence-corrected chi connectivity index (χ4v) is 9.46. The topological polar surface area (TPSA) is 3.24 Å². The molecule has 0 N–H and O–H groups in total. The lowest BCUT2D eigenvalue weighted by Crippen LogP contribution is -2.09. The zero-order valence-corrected chi connectivity index (χ0v) is 28.1. The van der Waals surface area contributed by atoms with Crippen LogP contribution in [0.2, 0.25) is 0 Å². The SMILES string of the molecule is c1ccc(-c2ccc(N(c3ccc(-c4ccc5cc6c(cc5c4)sc4ccccc46)cc3)c3ccc4c(c3)sc3ccccc34)cc2)cc1. The van der Waals surface area contributed by atoms with Crippen LogP contribution in [-0.4, -0.2) is 0 Å². The number of hydrogen-bond donors (Lipinski definition) is 0. The Kier molecular flexibility index (Phi) is 6.61. The number of benzene rings is 8. The average Bonchev–Trinajstić information content (AvgIpc) is 3.72. The number of anilines is 3. The third-order valence-electron chi connectivity index (χ3n) is 9.65. The Hall–Kier alpha value is -5.74. The minimum absolute atomic E-state index is 1.13. The highest BCUT2D eigenvalue weighted by atomic mass is 32.1. The predicted molar refractivity (Wildman–Crippen MR) is 215 cm³/mol. The van der Waals surface area contributed by atoms with Gasteiger partial charge in [0.25, 0.3) is 0 Å². The molecule has 8 aromatic carbocycles. The number of hydrogen-bond acceptors (Lipinski definition) is 3. The lowest BCUT2D eigenvalue weighted by Gasteiger charge is -2.26. The molecule has 0 aliphatic rings. The summed E-state index contributed by atoms with van der Waals surface area (Å²) in [5.74, 6) is 0. The maximum Gasteiger partial charge on any atom is 0.0476 e. The van der Waals surface area contributed by atoms with Crippen LogP contribution in [0, 0.1) is 0 Å². The van der Waals surface area contributed by atoms with Crippen molar-refractivity contribution in [1.29, 1.82) is 0 Å². The Labute approximate surface area is 292 Å². The smallest absolute Gasteiger partial charge is 0.0476 e. The first-order valence-corrected chi connectivity index (χ1v) is 18.2. The van der Waals surface area contributed by atoms with Gasteiger partial charge in [0.05, 0.1) is 0 Å². The van der Waals surface area contributed by atoms with Crippen molar-refractivity contribution in [2.24, 2.45) is 0 Å². The summed E-state index contributed by atoms with van der Waals surface area (Å²) in [6.07, 6.45) is 0. The molecule has 0 bridgehead atoms. The van der Waals surface area contributed by atoms with E-state index in [1.807, 2.05) is 22.7 Å². The van der Waals surface area contributed by atoms with Gasteiger partial charge < -0.3 is 4.90 Å². The van der Waals surface area contributed by atoms with E-state index in [-0.39, 0.29) is 0 Å². The second-order valence-electron chi connectivity index (χ2n) is 12.6. The highest BCUT2D eigenvalue weighted by molar-refractivity contribution is 7.26. The third kappa shape index (κ3) is 4.90. The van der Waals surface area contributed by atoms with E-state index in [9.17, 15) is 0 Å². The van der Waals surface area contributed by atoms with Crippen molar-refractivity contribution in [3.05, 3.63) is 176 Å². The van der Waals surface area contributed by atoms with Crippen molar-refractivity contribution < 1.29 is 0 Å². The van der Waals surface area contributed by atoms with E-state index in [0.29, 0.717) is 0 Å². The molecule has 0 fully saturated rings. The van der Waals surface area contributed by atoms with E-state index in [1.54, 1.807) is 0 Å². The number of nitrogens with zero attached hydrogens (tertiary/aromatic N) is 1. The van der Waals surface area contributed by atoms with Gasteiger partial charge in [-0.15, -0.1) is 22.7 Å². The number of thiophene rings is 2. The quantitative estimate of drug-likeness (QED) is 0.178. The Balaban J connectivity index is 1.05. The van der Waals surface area contributed by atoms with E-state index < -0.39 is 0 Å². The minimum atomic E-state index is 1.13. The average molecular weight is 660 g/mol. The van der Waals surface area contributed by atoms with E-state index in [2.05, 4.69) is 181 Å². The molecule has 0 atom stereocenters. The molecular weight excluding hydrogens is 631 g/mol. The van der Waals surface area contributed by atoms with Gasteiger partial charge in [-0.1, -0.05) is 109 Å². The summed E-state index contributed by atoms with van der Waals surface area (Å²) in [6.45, 7) is 0. The molecule has 0 radical (unpaired) electrons. The molecule has 230 valence electrons. The predicted octanol–water partition coefficient (Wildman–Crippen LogP) is 14.4. The Bertz CT molecular complexity index is 2810. The molecule has 0 aliphatic heterocycles. The number of fused-ring (bicyclic) bond motifs is 7. The molecule has 10 rings (SSSR count). The molecule has 3 heteroatoms. The molecule has 0 saturated heterocycles. The largest absolute Gasteiger partial charge is 0.310 e. The van der Waals surface area contributed by atoms with Gasteiger partial charge in [0.15, 0.2) is 0 Å². The second-order valence-corrected chi connectivity index (χ2v) is 14.7. The minimum Gasteiger partial charge on any atom is -0.310 e. The van der Waals surface area contributed by atoms with E-state index in [4.69, 9.17) is 0 Å². The molecule has 49 heavy (non-hydrogen) atoms. The van der Waals surface area contributed by atoms with Gasteiger partial charge in [0.1, 0.15) is 0 Å². The van der Waals surface area contributed by atoms with Crippen LogP contribution in [0.25, 0.3) is 73.4 Å². The zero-order chi connectivity index (χ0) is 32.3. The van der Waals surface area contributed by atoms with Crippen molar-refractivity contribution in [3.8, 4) is 22.3 Å². The van der Waals surface area contributed by atoms with Gasteiger partial charge in [-0.3, -0.25) is 0 Å². The first-order chi connectivity index (χ1) is 24.2. The maximum atomic E-state index is 2.38. The summed E-state index contributed by atoms with van der Waals surface area (Å²) in [5.41, 5.74) is 8.28. The van der Waals surface area contributed by atoms with Crippen LogP contribution in [0.4, 0.5) is 17.1 Å². The van der Waals surface area contributed by atoms with E-state index in [1.165, 1.54) is 73.4 Å². The number of rotatable bonds is 5.